The number of allylic oxidation sites excluding steroid dienone is 2. The molecule has 4 nitrogen and oxygen atoms in total. The van der Waals surface area contributed by atoms with E-state index < -0.39 is 5.97 Å². The third-order valence-corrected chi connectivity index (χ3v) is 4.31. The van der Waals surface area contributed by atoms with Gasteiger partial charge in [0.15, 0.2) is 0 Å². The molecule has 1 unspecified atom stereocenters. The van der Waals surface area contributed by atoms with E-state index in [1.165, 1.54) is 0 Å². The van der Waals surface area contributed by atoms with Crippen LogP contribution < -0.4 is 4.90 Å². The Morgan fingerprint density at radius 2 is 2.10 bits per heavy atom. The Balaban J connectivity index is 1.99. The molecule has 3 rings (SSSR count). The second-order valence-electron chi connectivity index (χ2n) is 5.75. The van der Waals surface area contributed by atoms with Gasteiger partial charge < -0.3 is 10.0 Å². The predicted octanol–water partition coefficient (Wildman–Crippen LogP) is 3.34. The highest BCUT2D eigenvalue weighted by Gasteiger charge is 2.24. The van der Waals surface area contributed by atoms with Gasteiger partial charge in [0, 0.05) is 18.7 Å². The van der Waals surface area contributed by atoms with E-state index >= 15 is 0 Å². The lowest BCUT2D eigenvalue weighted by Crippen LogP contribution is -2.24. The van der Waals surface area contributed by atoms with E-state index in [2.05, 4.69) is 12.2 Å². The van der Waals surface area contributed by atoms with Gasteiger partial charge in [0.05, 0.1) is 5.56 Å². The maximum absolute atomic E-state index is 11.9. The third kappa shape index (κ3) is 2.84. The molecule has 0 spiro atoms. The van der Waals surface area contributed by atoms with Gasteiger partial charge in [-0.1, -0.05) is 12.2 Å². The van der Waals surface area contributed by atoms with Crippen molar-refractivity contribution in [1.29, 1.82) is 0 Å². The highest BCUT2D eigenvalue weighted by molar-refractivity contribution is 5.97. The van der Waals surface area contributed by atoms with Gasteiger partial charge >= 0.3 is 5.97 Å². The van der Waals surface area contributed by atoms with Crippen LogP contribution in [0.3, 0.4) is 0 Å². The van der Waals surface area contributed by atoms with Crippen molar-refractivity contribution in [2.24, 2.45) is 0 Å². The molecule has 0 radical (unpaired) electrons. The van der Waals surface area contributed by atoms with Crippen LogP contribution in [0.25, 0.3) is 0 Å². The Morgan fingerprint density at radius 3 is 2.71 bits per heavy atom. The highest BCUT2D eigenvalue weighted by atomic mass is 16.4. The summed E-state index contributed by atoms with van der Waals surface area (Å²) in [6.07, 6.45) is 8.73. The third-order valence-electron chi connectivity index (χ3n) is 4.31. The van der Waals surface area contributed by atoms with Crippen LogP contribution >= 0.6 is 0 Å². The maximum atomic E-state index is 11.9. The molecule has 2 aliphatic rings. The zero-order chi connectivity index (χ0) is 14.8. The molecular formula is C17H19NO3. The Kier molecular flexibility index (Phi) is 3.78. The Bertz CT molecular complexity index is 606. The van der Waals surface area contributed by atoms with Crippen LogP contribution in [0, 0.1) is 0 Å². The topological polar surface area (TPSA) is 57.6 Å². The van der Waals surface area contributed by atoms with Crippen molar-refractivity contribution in [2.45, 2.75) is 38.0 Å². The summed E-state index contributed by atoms with van der Waals surface area (Å²) in [6, 6.07) is 5.38. The molecule has 0 aromatic heterocycles. The van der Waals surface area contributed by atoms with Crippen molar-refractivity contribution < 1.29 is 14.7 Å². The number of hydrogen-bond donors (Lipinski definition) is 1. The fourth-order valence-corrected chi connectivity index (χ4v) is 3.17. The lowest BCUT2D eigenvalue weighted by Gasteiger charge is -2.22. The standard InChI is InChI=1S/C17H19NO3/c19-16-7-4-8-18(16)15-10-13(9-14(11-15)17(20)21)12-5-2-1-3-6-12/h1-2,9-12H,3-8H2,(H,20,21). The lowest BCUT2D eigenvalue weighted by atomic mass is 9.86. The molecule has 4 heteroatoms. The van der Waals surface area contributed by atoms with Gasteiger partial charge in [-0.2, -0.15) is 0 Å². The van der Waals surface area contributed by atoms with Gasteiger partial charge in [0.2, 0.25) is 5.91 Å². The molecule has 1 N–H and O–H groups in total. The molecule has 21 heavy (non-hydrogen) atoms. The highest BCUT2D eigenvalue weighted by Crippen LogP contribution is 2.33. The summed E-state index contributed by atoms with van der Waals surface area (Å²) in [5.74, 6) is -0.492. The van der Waals surface area contributed by atoms with Crippen LogP contribution in [0.15, 0.2) is 30.4 Å². The molecule has 1 aliphatic heterocycles. The molecule has 110 valence electrons. The minimum absolute atomic E-state index is 0.0898. The summed E-state index contributed by atoms with van der Waals surface area (Å²) < 4.78 is 0. The van der Waals surface area contributed by atoms with Gasteiger partial charge in [-0.15, -0.1) is 0 Å². The Morgan fingerprint density at radius 1 is 1.24 bits per heavy atom. The molecule has 1 atom stereocenters. The average Bonchev–Trinajstić information content (AvgIpc) is 2.94. The second kappa shape index (κ2) is 5.72. The number of amides is 1. The molecule has 0 bridgehead atoms. The van der Waals surface area contributed by atoms with E-state index in [1.54, 1.807) is 17.0 Å². The zero-order valence-electron chi connectivity index (χ0n) is 11.9. The fraction of sp³-hybridized carbons (Fsp3) is 0.412. The van der Waals surface area contributed by atoms with E-state index in [-0.39, 0.29) is 11.5 Å². The van der Waals surface area contributed by atoms with Crippen molar-refractivity contribution in [1.82, 2.24) is 0 Å². The number of nitrogens with zero attached hydrogens (tertiary/aromatic N) is 1. The fourth-order valence-electron chi connectivity index (χ4n) is 3.17. The SMILES string of the molecule is O=C(O)c1cc(C2CC=CCC2)cc(N2CCCC2=O)c1. The molecule has 1 fully saturated rings. The largest absolute Gasteiger partial charge is 0.478 e. The van der Waals surface area contributed by atoms with Gasteiger partial charge in [0.1, 0.15) is 0 Å². The number of carbonyl (C=O) groups is 2. The number of aromatic carboxylic acids is 1. The monoisotopic (exact) mass is 285 g/mol. The molecule has 1 aromatic rings. The van der Waals surface area contributed by atoms with Crippen LogP contribution in [0.4, 0.5) is 5.69 Å². The minimum atomic E-state index is -0.934. The van der Waals surface area contributed by atoms with E-state index in [9.17, 15) is 14.7 Å². The number of rotatable bonds is 3. The van der Waals surface area contributed by atoms with Gasteiger partial charge in [-0.25, -0.2) is 4.79 Å². The first-order chi connectivity index (χ1) is 10.1. The van der Waals surface area contributed by atoms with E-state index in [0.717, 1.165) is 36.9 Å². The van der Waals surface area contributed by atoms with Crippen molar-refractivity contribution >= 4 is 17.6 Å². The van der Waals surface area contributed by atoms with Crippen molar-refractivity contribution in [3.8, 4) is 0 Å². The summed E-state index contributed by atoms with van der Waals surface area (Å²) in [7, 11) is 0. The lowest BCUT2D eigenvalue weighted by molar-refractivity contribution is -0.117. The number of hydrogen-bond acceptors (Lipinski definition) is 2. The first-order valence-electron chi connectivity index (χ1n) is 7.49. The van der Waals surface area contributed by atoms with Gasteiger partial charge in [-0.3, -0.25) is 4.79 Å². The van der Waals surface area contributed by atoms with Crippen molar-refractivity contribution in [3.63, 3.8) is 0 Å². The summed E-state index contributed by atoms with van der Waals surface area (Å²) in [6.45, 7) is 0.686. The van der Waals surface area contributed by atoms with Crippen LogP contribution in [-0.4, -0.2) is 23.5 Å². The number of carboxylic acids is 1. The minimum Gasteiger partial charge on any atom is -0.478 e. The van der Waals surface area contributed by atoms with Crippen LogP contribution in [0.2, 0.25) is 0 Å². The number of carbonyl (C=O) groups excluding carboxylic acids is 1. The molecule has 1 heterocycles. The van der Waals surface area contributed by atoms with Crippen molar-refractivity contribution in [2.75, 3.05) is 11.4 Å². The molecule has 1 amide bonds. The average molecular weight is 285 g/mol. The quantitative estimate of drug-likeness (QED) is 0.867. The Labute approximate surface area is 124 Å². The van der Waals surface area contributed by atoms with Crippen LogP contribution in [0.5, 0.6) is 0 Å². The molecule has 1 aliphatic carbocycles. The Hall–Kier alpha value is -2.10. The smallest absolute Gasteiger partial charge is 0.335 e. The molecule has 1 aromatic carbocycles. The van der Waals surface area contributed by atoms with Crippen LogP contribution in [-0.2, 0) is 4.79 Å². The number of carboxylic acid groups (broad SMARTS) is 1. The first-order valence-corrected chi connectivity index (χ1v) is 7.49. The summed E-state index contributed by atoms with van der Waals surface area (Å²) in [5, 5.41) is 9.32. The normalized spacial score (nSPS) is 21.8. The second-order valence-corrected chi connectivity index (χ2v) is 5.75. The summed E-state index contributed by atoms with van der Waals surface area (Å²) in [4.78, 5) is 25.0. The van der Waals surface area contributed by atoms with Gasteiger partial charge in [0.25, 0.3) is 0 Å². The predicted molar refractivity (Wildman–Crippen MR) is 80.7 cm³/mol. The summed E-state index contributed by atoms with van der Waals surface area (Å²) in [5.41, 5.74) is 2.05. The van der Waals surface area contributed by atoms with Crippen molar-refractivity contribution in [3.05, 3.63) is 41.5 Å². The van der Waals surface area contributed by atoms with E-state index in [1.807, 2.05) is 6.07 Å². The van der Waals surface area contributed by atoms with Gasteiger partial charge in [-0.05, 0) is 55.4 Å². The molecule has 1 saturated heterocycles. The molecule has 0 saturated carbocycles. The zero-order valence-corrected chi connectivity index (χ0v) is 11.9. The van der Waals surface area contributed by atoms with E-state index in [0.29, 0.717) is 18.9 Å². The number of anilines is 1. The molecular weight excluding hydrogens is 266 g/mol. The van der Waals surface area contributed by atoms with E-state index in [4.69, 9.17) is 0 Å². The maximum Gasteiger partial charge on any atom is 0.335 e. The number of benzene rings is 1. The first kappa shape index (κ1) is 13.9. The van der Waals surface area contributed by atoms with Crippen LogP contribution in [0.1, 0.15) is 53.9 Å². The summed E-state index contributed by atoms with van der Waals surface area (Å²) >= 11 is 0.